The van der Waals surface area contributed by atoms with E-state index in [-0.39, 0.29) is 11.6 Å². The van der Waals surface area contributed by atoms with Crippen LogP contribution in [0, 0.1) is 0 Å². The molecule has 0 bridgehead atoms. The Kier molecular flexibility index (Phi) is 5.01. The maximum absolute atomic E-state index is 12.6. The Hall–Kier alpha value is -3.85. The molecule has 0 atom stereocenters. The number of hydrogen-bond donors (Lipinski definition) is 1. The Labute approximate surface area is 177 Å². The second-order valence-corrected chi connectivity index (χ2v) is 7.28. The standard InChI is InChI=1S/C22H20N6O3/c29-21(27-9-11-31-12-10-27)17-3-1-16(2-4-17)18-13-24-20-19(25-18)26-22(30)28(20)14-15-5-7-23-8-6-15/h1-8,13H,9-12,14H2,(H,25,26,30). The summed E-state index contributed by atoms with van der Waals surface area (Å²) >= 11 is 0. The zero-order valence-electron chi connectivity index (χ0n) is 16.7. The van der Waals surface area contributed by atoms with Crippen LogP contribution in [0.1, 0.15) is 15.9 Å². The molecule has 3 aromatic heterocycles. The van der Waals surface area contributed by atoms with Crippen LogP contribution >= 0.6 is 0 Å². The maximum atomic E-state index is 12.6. The average Bonchev–Trinajstić information content (AvgIpc) is 3.14. The lowest BCUT2D eigenvalue weighted by Gasteiger charge is -2.26. The monoisotopic (exact) mass is 416 g/mol. The summed E-state index contributed by atoms with van der Waals surface area (Å²) in [5.41, 5.74) is 3.65. The first kappa shape index (κ1) is 19.1. The molecule has 1 aliphatic heterocycles. The fourth-order valence-corrected chi connectivity index (χ4v) is 3.62. The topological polar surface area (TPSA) is 106 Å². The number of rotatable bonds is 4. The second-order valence-electron chi connectivity index (χ2n) is 7.28. The molecule has 1 aliphatic rings. The van der Waals surface area contributed by atoms with Crippen LogP contribution < -0.4 is 5.69 Å². The van der Waals surface area contributed by atoms with E-state index in [0.717, 1.165) is 11.1 Å². The van der Waals surface area contributed by atoms with Gasteiger partial charge in [0.05, 0.1) is 31.6 Å². The molecule has 31 heavy (non-hydrogen) atoms. The number of morpholine rings is 1. The molecular weight excluding hydrogens is 396 g/mol. The van der Waals surface area contributed by atoms with Gasteiger partial charge in [-0.3, -0.25) is 19.3 Å². The smallest absolute Gasteiger partial charge is 0.329 e. The molecule has 0 saturated carbocycles. The predicted molar refractivity (Wildman–Crippen MR) is 114 cm³/mol. The lowest BCUT2D eigenvalue weighted by molar-refractivity contribution is 0.0303. The summed E-state index contributed by atoms with van der Waals surface area (Å²) in [4.78, 5) is 42.6. The molecule has 0 radical (unpaired) electrons. The lowest BCUT2D eigenvalue weighted by Crippen LogP contribution is -2.40. The van der Waals surface area contributed by atoms with Crippen LogP contribution in [-0.4, -0.2) is 61.6 Å². The van der Waals surface area contributed by atoms with E-state index in [4.69, 9.17) is 4.74 Å². The Bertz CT molecular complexity index is 1270. The molecule has 156 valence electrons. The average molecular weight is 416 g/mol. The molecule has 4 heterocycles. The summed E-state index contributed by atoms with van der Waals surface area (Å²) in [5, 5.41) is 0. The van der Waals surface area contributed by atoms with Crippen LogP contribution in [0.3, 0.4) is 0 Å². The van der Waals surface area contributed by atoms with E-state index in [1.807, 2.05) is 24.3 Å². The van der Waals surface area contributed by atoms with Gasteiger partial charge in [0.25, 0.3) is 5.91 Å². The molecular formula is C22H20N6O3. The minimum atomic E-state index is -0.268. The highest BCUT2D eigenvalue weighted by Gasteiger charge is 2.18. The molecule has 4 aromatic rings. The van der Waals surface area contributed by atoms with Crippen molar-refractivity contribution in [3.63, 3.8) is 0 Å². The Balaban J connectivity index is 1.40. The van der Waals surface area contributed by atoms with Gasteiger partial charge in [0.1, 0.15) is 0 Å². The summed E-state index contributed by atoms with van der Waals surface area (Å²) in [6.45, 7) is 2.73. The first-order chi connectivity index (χ1) is 15.2. The van der Waals surface area contributed by atoms with Crippen LogP contribution in [-0.2, 0) is 11.3 Å². The quantitative estimate of drug-likeness (QED) is 0.543. The van der Waals surface area contributed by atoms with Crippen molar-refractivity contribution < 1.29 is 9.53 Å². The number of fused-ring (bicyclic) bond motifs is 1. The van der Waals surface area contributed by atoms with Crippen molar-refractivity contribution in [2.45, 2.75) is 6.54 Å². The molecule has 1 amide bonds. The van der Waals surface area contributed by atoms with Crippen LogP contribution in [0.15, 0.2) is 59.8 Å². The zero-order valence-corrected chi connectivity index (χ0v) is 16.7. The lowest BCUT2D eigenvalue weighted by atomic mass is 10.1. The molecule has 0 spiro atoms. The molecule has 9 heteroatoms. The van der Waals surface area contributed by atoms with E-state index in [0.29, 0.717) is 55.4 Å². The minimum absolute atomic E-state index is 0.00564. The minimum Gasteiger partial charge on any atom is -0.378 e. The number of pyridine rings is 1. The van der Waals surface area contributed by atoms with Gasteiger partial charge in [-0.25, -0.2) is 14.8 Å². The summed E-state index contributed by atoms with van der Waals surface area (Å²) < 4.78 is 6.85. The van der Waals surface area contributed by atoms with E-state index in [2.05, 4.69) is 19.9 Å². The molecule has 1 fully saturated rings. The molecule has 0 unspecified atom stereocenters. The van der Waals surface area contributed by atoms with Gasteiger partial charge in [0.2, 0.25) is 0 Å². The van der Waals surface area contributed by atoms with Gasteiger partial charge < -0.3 is 9.64 Å². The van der Waals surface area contributed by atoms with E-state index in [1.165, 1.54) is 0 Å². The van der Waals surface area contributed by atoms with Gasteiger partial charge in [-0.15, -0.1) is 0 Å². The van der Waals surface area contributed by atoms with Gasteiger partial charge in [0, 0.05) is 36.6 Å². The molecule has 5 rings (SSSR count). The largest absolute Gasteiger partial charge is 0.378 e. The van der Waals surface area contributed by atoms with Crippen LogP contribution in [0.25, 0.3) is 22.6 Å². The second kappa shape index (κ2) is 8.11. The van der Waals surface area contributed by atoms with E-state index in [1.54, 1.807) is 40.2 Å². The Morgan fingerprint density at radius 2 is 1.81 bits per heavy atom. The number of aromatic nitrogens is 5. The van der Waals surface area contributed by atoms with Crippen LogP contribution in [0.5, 0.6) is 0 Å². The molecule has 0 aliphatic carbocycles. The van der Waals surface area contributed by atoms with Gasteiger partial charge in [-0.05, 0) is 29.8 Å². The van der Waals surface area contributed by atoms with E-state index >= 15 is 0 Å². The Morgan fingerprint density at radius 3 is 2.55 bits per heavy atom. The number of H-pyrrole nitrogens is 1. The number of nitrogens with one attached hydrogen (secondary N) is 1. The number of aromatic amines is 1. The fraction of sp³-hybridized carbons (Fsp3) is 0.227. The SMILES string of the molecule is O=C(c1ccc(-c2cnc3c(n2)[nH]c(=O)n3Cc2ccncc2)cc1)N1CCOCC1. The highest BCUT2D eigenvalue weighted by atomic mass is 16.5. The molecule has 1 aromatic carbocycles. The van der Waals surface area contributed by atoms with Crippen molar-refractivity contribution in [1.29, 1.82) is 0 Å². The van der Waals surface area contributed by atoms with Crippen LogP contribution in [0.4, 0.5) is 0 Å². The normalized spacial score (nSPS) is 14.1. The third-order valence-electron chi connectivity index (χ3n) is 5.30. The number of hydrogen-bond acceptors (Lipinski definition) is 6. The summed E-state index contributed by atoms with van der Waals surface area (Å²) in [6.07, 6.45) is 5.01. The molecule has 9 nitrogen and oxygen atoms in total. The summed E-state index contributed by atoms with van der Waals surface area (Å²) in [5.74, 6) is -0.00564. The van der Waals surface area contributed by atoms with Gasteiger partial charge in [-0.2, -0.15) is 0 Å². The number of ether oxygens (including phenoxy) is 1. The van der Waals surface area contributed by atoms with Crippen molar-refractivity contribution in [3.05, 3.63) is 76.6 Å². The third-order valence-corrected chi connectivity index (χ3v) is 5.30. The predicted octanol–water partition coefficient (Wildman–Crippen LogP) is 1.70. The number of nitrogens with zero attached hydrogens (tertiary/aromatic N) is 5. The number of carbonyl (C=O) groups is 1. The van der Waals surface area contributed by atoms with Gasteiger partial charge in [0.15, 0.2) is 11.3 Å². The van der Waals surface area contributed by atoms with Crippen molar-refractivity contribution in [2.24, 2.45) is 0 Å². The fourth-order valence-electron chi connectivity index (χ4n) is 3.62. The number of imidazole rings is 1. The third kappa shape index (κ3) is 3.82. The highest BCUT2D eigenvalue weighted by Crippen LogP contribution is 2.20. The van der Waals surface area contributed by atoms with Crippen LogP contribution in [0.2, 0.25) is 0 Å². The Morgan fingerprint density at radius 1 is 1.06 bits per heavy atom. The van der Waals surface area contributed by atoms with Gasteiger partial charge in [-0.1, -0.05) is 12.1 Å². The van der Waals surface area contributed by atoms with Crippen molar-refractivity contribution in [2.75, 3.05) is 26.3 Å². The molecule has 1 saturated heterocycles. The summed E-state index contributed by atoms with van der Waals surface area (Å²) in [6, 6.07) is 11.0. The molecule has 1 N–H and O–H groups in total. The highest BCUT2D eigenvalue weighted by molar-refractivity contribution is 5.94. The number of benzene rings is 1. The number of carbonyl (C=O) groups excluding carboxylic acids is 1. The summed E-state index contributed by atoms with van der Waals surface area (Å²) in [7, 11) is 0. The van der Waals surface area contributed by atoms with Crippen molar-refractivity contribution >= 4 is 17.2 Å². The number of amides is 1. The maximum Gasteiger partial charge on any atom is 0.329 e. The van der Waals surface area contributed by atoms with Crippen molar-refractivity contribution in [1.82, 2.24) is 29.4 Å². The first-order valence-electron chi connectivity index (χ1n) is 10.0. The van der Waals surface area contributed by atoms with E-state index in [9.17, 15) is 9.59 Å². The van der Waals surface area contributed by atoms with Gasteiger partial charge >= 0.3 is 5.69 Å². The van der Waals surface area contributed by atoms with E-state index < -0.39 is 0 Å². The first-order valence-corrected chi connectivity index (χ1v) is 10.0. The zero-order chi connectivity index (χ0) is 21.2. The van der Waals surface area contributed by atoms with Crippen molar-refractivity contribution in [3.8, 4) is 11.3 Å².